The second-order valence-electron chi connectivity index (χ2n) is 6.92. The first-order chi connectivity index (χ1) is 14.4. The van der Waals surface area contributed by atoms with Crippen molar-refractivity contribution in [1.82, 2.24) is 0 Å². The first kappa shape index (κ1) is 21.6. The van der Waals surface area contributed by atoms with Crippen molar-refractivity contribution in [2.45, 2.75) is 27.0 Å². The zero-order valence-electron chi connectivity index (χ0n) is 17.1. The fraction of sp³-hybridized carbons (Fsp3) is 0.217. The molecular formula is C23H23BrN2O4. The SMILES string of the molecule is COc1cc(CNc2cccc(C)c2C)cc(Br)c1OCc1ccc([N+](=O)[O-])cc1. The summed E-state index contributed by atoms with van der Waals surface area (Å²) in [6, 6.07) is 16.4. The molecule has 0 heterocycles. The van der Waals surface area contributed by atoms with E-state index in [2.05, 4.69) is 47.2 Å². The Labute approximate surface area is 184 Å². The van der Waals surface area contributed by atoms with E-state index in [0.717, 1.165) is 21.3 Å². The molecule has 0 aliphatic rings. The van der Waals surface area contributed by atoms with Crippen LogP contribution in [0.5, 0.6) is 11.5 Å². The Morgan fingerprint density at radius 1 is 1.07 bits per heavy atom. The second-order valence-corrected chi connectivity index (χ2v) is 7.78. The van der Waals surface area contributed by atoms with Gasteiger partial charge in [0.1, 0.15) is 6.61 Å². The van der Waals surface area contributed by atoms with Crippen molar-refractivity contribution in [3.8, 4) is 11.5 Å². The van der Waals surface area contributed by atoms with Gasteiger partial charge in [-0.05, 0) is 82.4 Å². The van der Waals surface area contributed by atoms with E-state index in [0.29, 0.717) is 18.0 Å². The molecule has 30 heavy (non-hydrogen) atoms. The summed E-state index contributed by atoms with van der Waals surface area (Å²) in [7, 11) is 1.60. The lowest BCUT2D eigenvalue weighted by molar-refractivity contribution is -0.384. The monoisotopic (exact) mass is 470 g/mol. The summed E-state index contributed by atoms with van der Waals surface area (Å²) in [4.78, 5) is 10.4. The van der Waals surface area contributed by atoms with Gasteiger partial charge in [0.15, 0.2) is 11.5 Å². The number of nitrogens with one attached hydrogen (secondary N) is 1. The van der Waals surface area contributed by atoms with Crippen molar-refractivity contribution in [1.29, 1.82) is 0 Å². The van der Waals surface area contributed by atoms with Crippen LogP contribution in [-0.4, -0.2) is 12.0 Å². The molecule has 0 atom stereocenters. The van der Waals surface area contributed by atoms with Crippen molar-refractivity contribution in [3.05, 3.63) is 91.4 Å². The predicted molar refractivity (Wildman–Crippen MR) is 121 cm³/mol. The van der Waals surface area contributed by atoms with Crippen LogP contribution in [0.15, 0.2) is 59.1 Å². The number of ether oxygens (including phenoxy) is 2. The number of hydrogen-bond donors (Lipinski definition) is 1. The molecule has 0 amide bonds. The normalized spacial score (nSPS) is 10.5. The predicted octanol–water partition coefficient (Wildman–Crippen LogP) is 6.17. The number of hydrogen-bond acceptors (Lipinski definition) is 5. The van der Waals surface area contributed by atoms with Gasteiger partial charge in [-0.15, -0.1) is 0 Å². The number of nitro benzene ring substituents is 1. The second kappa shape index (κ2) is 9.63. The average Bonchev–Trinajstić information content (AvgIpc) is 2.74. The number of halogens is 1. The van der Waals surface area contributed by atoms with E-state index in [1.54, 1.807) is 19.2 Å². The summed E-state index contributed by atoms with van der Waals surface area (Å²) in [6.07, 6.45) is 0. The molecular weight excluding hydrogens is 448 g/mol. The molecule has 0 fully saturated rings. The molecule has 0 unspecified atom stereocenters. The minimum atomic E-state index is -0.421. The zero-order valence-corrected chi connectivity index (χ0v) is 18.7. The van der Waals surface area contributed by atoms with Crippen LogP contribution in [0.4, 0.5) is 11.4 Å². The summed E-state index contributed by atoms with van der Waals surface area (Å²) in [5, 5.41) is 14.2. The molecule has 0 radical (unpaired) electrons. The van der Waals surface area contributed by atoms with Gasteiger partial charge in [-0.1, -0.05) is 12.1 Å². The van der Waals surface area contributed by atoms with E-state index in [9.17, 15) is 10.1 Å². The number of nitrogens with zero attached hydrogens (tertiary/aromatic N) is 1. The fourth-order valence-electron chi connectivity index (χ4n) is 3.02. The largest absolute Gasteiger partial charge is 0.493 e. The Bertz CT molecular complexity index is 1050. The van der Waals surface area contributed by atoms with Crippen LogP contribution >= 0.6 is 15.9 Å². The molecule has 3 aromatic carbocycles. The van der Waals surface area contributed by atoms with Gasteiger partial charge in [0, 0.05) is 24.4 Å². The maximum Gasteiger partial charge on any atom is 0.269 e. The van der Waals surface area contributed by atoms with E-state index in [1.165, 1.54) is 23.3 Å². The number of aryl methyl sites for hydroxylation is 1. The van der Waals surface area contributed by atoms with E-state index < -0.39 is 4.92 Å². The van der Waals surface area contributed by atoms with E-state index in [4.69, 9.17) is 9.47 Å². The summed E-state index contributed by atoms with van der Waals surface area (Å²) >= 11 is 3.57. The lowest BCUT2D eigenvalue weighted by atomic mass is 10.1. The highest BCUT2D eigenvalue weighted by molar-refractivity contribution is 9.10. The van der Waals surface area contributed by atoms with Crippen LogP contribution in [0.25, 0.3) is 0 Å². The van der Waals surface area contributed by atoms with E-state index in [1.807, 2.05) is 18.2 Å². The van der Waals surface area contributed by atoms with Crippen LogP contribution in [0.2, 0.25) is 0 Å². The Balaban J connectivity index is 1.72. The van der Waals surface area contributed by atoms with Crippen molar-refractivity contribution in [2.24, 2.45) is 0 Å². The minimum Gasteiger partial charge on any atom is -0.493 e. The molecule has 0 spiro atoms. The first-order valence-corrected chi connectivity index (χ1v) is 10.2. The van der Waals surface area contributed by atoms with Gasteiger partial charge in [0.05, 0.1) is 16.5 Å². The van der Waals surface area contributed by atoms with Crippen molar-refractivity contribution >= 4 is 27.3 Å². The summed E-state index contributed by atoms with van der Waals surface area (Å²) in [5.74, 6) is 1.20. The van der Waals surface area contributed by atoms with Gasteiger partial charge in [0.25, 0.3) is 5.69 Å². The van der Waals surface area contributed by atoms with Gasteiger partial charge in [-0.25, -0.2) is 0 Å². The number of methoxy groups -OCH3 is 1. The smallest absolute Gasteiger partial charge is 0.269 e. The molecule has 0 bridgehead atoms. The number of benzene rings is 3. The molecule has 0 saturated carbocycles. The van der Waals surface area contributed by atoms with Crippen molar-refractivity contribution in [2.75, 3.05) is 12.4 Å². The van der Waals surface area contributed by atoms with E-state index in [-0.39, 0.29) is 12.3 Å². The Hall–Kier alpha value is -3.06. The zero-order chi connectivity index (χ0) is 21.7. The van der Waals surface area contributed by atoms with Crippen LogP contribution in [0.1, 0.15) is 22.3 Å². The highest BCUT2D eigenvalue weighted by Crippen LogP contribution is 2.37. The lowest BCUT2D eigenvalue weighted by Crippen LogP contribution is -2.04. The molecule has 3 aromatic rings. The molecule has 1 N–H and O–H groups in total. The maximum atomic E-state index is 10.8. The number of non-ortho nitro benzene ring substituents is 1. The van der Waals surface area contributed by atoms with Crippen LogP contribution in [0.3, 0.4) is 0 Å². The van der Waals surface area contributed by atoms with Crippen LogP contribution in [-0.2, 0) is 13.2 Å². The van der Waals surface area contributed by atoms with Crippen LogP contribution < -0.4 is 14.8 Å². The number of anilines is 1. The van der Waals surface area contributed by atoms with Gasteiger partial charge in [-0.2, -0.15) is 0 Å². The van der Waals surface area contributed by atoms with Crippen molar-refractivity contribution < 1.29 is 14.4 Å². The van der Waals surface area contributed by atoms with Crippen molar-refractivity contribution in [3.63, 3.8) is 0 Å². The van der Waals surface area contributed by atoms with Gasteiger partial charge >= 0.3 is 0 Å². The quantitative estimate of drug-likeness (QED) is 0.314. The van der Waals surface area contributed by atoms with E-state index >= 15 is 0 Å². The molecule has 0 saturated heterocycles. The third kappa shape index (κ3) is 5.10. The summed E-state index contributed by atoms with van der Waals surface area (Å²) in [5.41, 5.74) is 5.50. The molecule has 0 aliphatic heterocycles. The highest BCUT2D eigenvalue weighted by Gasteiger charge is 2.13. The van der Waals surface area contributed by atoms with Crippen LogP contribution in [0, 0.1) is 24.0 Å². The molecule has 3 rings (SSSR count). The number of nitro groups is 1. The Morgan fingerprint density at radius 2 is 1.80 bits per heavy atom. The number of rotatable bonds is 8. The lowest BCUT2D eigenvalue weighted by Gasteiger charge is -2.16. The summed E-state index contributed by atoms with van der Waals surface area (Å²) in [6.45, 7) is 5.11. The first-order valence-electron chi connectivity index (χ1n) is 9.41. The van der Waals surface area contributed by atoms with Gasteiger partial charge in [-0.3, -0.25) is 10.1 Å². The van der Waals surface area contributed by atoms with Gasteiger partial charge < -0.3 is 14.8 Å². The maximum absolute atomic E-state index is 10.8. The standard InChI is InChI=1S/C23H23BrN2O4/c1-15-5-4-6-21(16(15)2)25-13-18-11-20(24)23(22(12-18)29-3)30-14-17-7-9-19(10-8-17)26(27)28/h4-12,25H,13-14H2,1-3H3. The minimum absolute atomic E-state index is 0.0539. The third-order valence-electron chi connectivity index (χ3n) is 4.91. The molecule has 6 nitrogen and oxygen atoms in total. The molecule has 0 aliphatic carbocycles. The fourth-order valence-corrected chi connectivity index (χ4v) is 3.63. The molecule has 156 valence electrons. The highest BCUT2D eigenvalue weighted by atomic mass is 79.9. The topological polar surface area (TPSA) is 73.6 Å². The molecule has 7 heteroatoms. The van der Waals surface area contributed by atoms with Gasteiger partial charge in [0.2, 0.25) is 0 Å². The average molecular weight is 471 g/mol. The third-order valence-corrected chi connectivity index (χ3v) is 5.50. The Kier molecular flexibility index (Phi) is 6.95. The molecule has 0 aromatic heterocycles. The Morgan fingerprint density at radius 3 is 2.47 bits per heavy atom. The summed E-state index contributed by atoms with van der Waals surface area (Å²) < 4.78 is 12.2.